The van der Waals surface area contributed by atoms with E-state index < -0.39 is 6.10 Å². The third-order valence-corrected chi connectivity index (χ3v) is 6.27. The van der Waals surface area contributed by atoms with Gasteiger partial charge < -0.3 is 19.3 Å². The number of aliphatic hydroxyl groups is 1. The SMILES string of the molecule is COc1cc(CCN(Cc2ccccc2)CC(O)COc2ncccc2C)ccc1OCc1ccccc1. The molecule has 1 atom stereocenters. The van der Waals surface area contributed by atoms with Crippen LogP contribution < -0.4 is 14.2 Å². The Labute approximate surface area is 225 Å². The van der Waals surface area contributed by atoms with Crippen molar-refractivity contribution in [3.05, 3.63) is 119 Å². The van der Waals surface area contributed by atoms with Crippen molar-refractivity contribution in [3.8, 4) is 17.4 Å². The molecule has 0 fully saturated rings. The van der Waals surface area contributed by atoms with Crippen molar-refractivity contribution in [3.63, 3.8) is 0 Å². The lowest BCUT2D eigenvalue weighted by atomic mass is 10.1. The summed E-state index contributed by atoms with van der Waals surface area (Å²) in [6.07, 6.45) is 1.85. The molecule has 0 aliphatic carbocycles. The van der Waals surface area contributed by atoms with Gasteiger partial charge in [0, 0.05) is 31.4 Å². The summed E-state index contributed by atoms with van der Waals surface area (Å²) in [7, 11) is 1.66. The third-order valence-electron chi connectivity index (χ3n) is 6.27. The van der Waals surface area contributed by atoms with Gasteiger partial charge in [0.2, 0.25) is 5.88 Å². The molecule has 1 heterocycles. The van der Waals surface area contributed by atoms with Crippen molar-refractivity contribution in [1.29, 1.82) is 0 Å². The van der Waals surface area contributed by atoms with E-state index in [1.807, 2.05) is 79.7 Å². The zero-order chi connectivity index (χ0) is 26.6. The summed E-state index contributed by atoms with van der Waals surface area (Å²) in [5.41, 5.74) is 4.40. The van der Waals surface area contributed by atoms with Crippen LogP contribution in [0, 0.1) is 6.92 Å². The Balaban J connectivity index is 1.37. The second-order valence-corrected chi connectivity index (χ2v) is 9.32. The number of nitrogens with zero attached hydrogens (tertiary/aromatic N) is 2. The van der Waals surface area contributed by atoms with Gasteiger partial charge in [-0.1, -0.05) is 72.8 Å². The van der Waals surface area contributed by atoms with Crippen LogP contribution in [-0.4, -0.2) is 47.9 Å². The van der Waals surface area contributed by atoms with E-state index in [1.54, 1.807) is 13.3 Å². The van der Waals surface area contributed by atoms with Gasteiger partial charge in [0.15, 0.2) is 11.5 Å². The van der Waals surface area contributed by atoms with E-state index in [-0.39, 0.29) is 6.61 Å². The molecule has 1 aromatic heterocycles. The van der Waals surface area contributed by atoms with Crippen LogP contribution >= 0.6 is 0 Å². The minimum atomic E-state index is -0.650. The smallest absolute Gasteiger partial charge is 0.216 e. The second-order valence-electron chi connectivity index (χ2n) is 9.32. The summed E-state index contributed by atoms with van der Waals surface area (Å²) >= 11 is 0. The molecule has 0 spiro atoms. The first kappa shape index (κ1) is 27.2. The van der Waals surface area contributed by atoms with Crippen LogP contribution in [0.3, 0.4) is 0 Å². The van der Waals surface area contributed by atoms with Gasteiger partial charge in [0.1, 0.15) is 19.3 Å². The predicted molar refractivity (Wildman–Crippen MR) is 150 cm³/mol. The number of benzene rings is 3. The summed E-state index contributed by atoms with van der Waals surface area (Å²) in [5.74, 6) is 1.99. The van der Waals surface area contributed by atoms with Crippen molar-refractivity contribution < 1.29 is 19.3 Å². The van der Waals surface area contributed by atoms with Gasteiger partial charge in [-0.15, -0.1) is 0 Å². The number of methoxy groups -OCH3 is 1. The molecule has 6 nitrogen and oxygen atoms in total. The lowest BCUT2D eigenvalue weighted by Crippen LogP contribution is -2.36. The van der Waals surface area contributed by atoms with Crippen molar-refractivity contribution >= 4 is 0 Å². The van der Waals surface area contributed by atoms with E-state index in [0.717, 1.165) is 42.0 Å². The Hall–Kier alpha value is -3.87. The summed E-state index contributed by atoms with van der Waals surface area (Å²) in [5, 5.41) is 10.8. The number of rotatable bonds is 14. The molecule has 0 amide bonds. The van der Waals surface area contributed by atoms with E-state index in [2.05, 4.69) is 28.1 Å². The zero-order valence-corrected chi connectivity index (χ0v) is 22.1. The number of aliphatic hydroxyl groups excluding tert-OH is 1. The maximum Gasteiger partial charge on any atom is 0.216 e. The summed E-state index contributed by atoms with van der Waals surface area (Å²) < 4.78 is 17.4. The average molecular weight is 513 g/mol. The Bertz CT molecular complexity index is 1250. The lowest BCUT2D eigenvalue weighted by molar-refractivity contribution is 0.0640. The number of hydrogen-bond donors (Lipinski definition) is 1. The fourth-order valence-corrected chi connectivity index (χ4v) is 4.23. The van der Waals surface area contributed by atoms with Crippen molar-refractivity contribution in [1.82, 2.24) is 9.88 Å². The highest BCUT2D eigenvalue weighted by molar-refractivity contribution is 5.43. The monoisotopic (exact) mass is 512 g/mol. The highest BCUT2D eigenvalue weighted by atomic mass is 16.5. The second kappa shape index (κ2) is 14.2. The minimum absolute atomic E-state index is 0.185. The minimum Gasteiger partial charge on any atom is -0.493 e. The predicted octanol–water partition coefficient (Wildman–Crippen LogP) is 5.46. The molecule has 1 unspecified atom stereocenters. The first-order chi connectivity index (χ1) is 18.6. The van der Waals surface area contributed by atoms with E-state index >= 15 is 0 Å². The van der Waals surface area contributed by atoms with Crippen LogP contribution in [0.15, 0.2) is 97.2 Å². The highest BCUT2D eigenvalue weighted by Crippen LogP contribution is 2.29. The summed E-state index contributed by atoms with van der Waals surface area (Å²) in [4.78, 5) is 6.51. The van der Waals surface area contributed by atoms with Crippen LogP contribution in [0.1, 0.15) is 22.3 Å². The van der Waals surface area contributed by atoms with Gasteiger partial charge in [0.25, 0.3) is 0 Å². The molecule has 0 saturated heterocycles. The van der Waals surface area contributed by atoms with Crippen molar-refractivity contribution in [2.75, 3.05) is 26.8 Å². The first-order valence-electron chi connectivity index (χ1n) is 12.9. The van der Waals surface area contributed by atoms with E-state index in [4.69, 9.17) is 14.2 Å². The number of aryl methyl sites for hydroxylation is 1. The van der Waals surface area contributed by atoms with E-state index in [1.165, 1.54) is 5.56 Å². The normalized spacial score (nSPS) is 11.8. The van der Waals surface area contributed by atoms with Crippen LogP contribution in [0.4, 0.5) is 0 Å². The van der Waals surface area contributed by atoms with Crippen molar-refractivity contribution in [2.45, 2.75) is 32.6 Å². The molecule has 6 heteroatoms. The van der Waals surface area contributed by atoms with Crippen LogP contribution in [-0.2, 0) is 19.6 Å². The van der Waals surface area contributed by atoms with Gasteiger partial charge in [0.05, 0.1) is 7.11 Å². The average Bonchev–Trinajstić information content (AvgIpc) is 2.95. The molecule has 0 aliphatic rings. The van der Waals surface area contributed by atoms with Gasteiger partial charge in [-0.25, -0.2) is 4.98 Å². The van der Waals surface area contributed by atoms with E-state index in [0.29, 0.717) is 24.8 Å². The van der Waals surface area contributed by atoms with Crippen LogP contribution in [0.2, 0.25) is 0 Å². The quantitative estimate of drug-likeness (QED) is 0.242. The van der Waals surface area contributed by atoms with Crippen LogP contribution in [0.25, 0.3) is 0 Å². The zero-order valence-electron chi connectivity index (χ0n) is 22.1. The molecule has 0 aliphatic heterocycles. The number of hydrogen-bond acceptors (Lipinski definition) is 6. The van der Waals surface area contributed by atoms with Gasteiger partial charge in [-0.2, -0.15) is 0 Å². The maximum atomic E-state index is 10.8. The Morgan fingerprint density at radius 1 is 0.816 bits per heavy atom. The molecular formula is C32H36N2O4. The van der Waals surface area contributed by atoms with Gasteiger partial charge in [-0.05, 0) is 48.2 Å². The molecule has 3 aromatic carbocycles. The summed E-state index contributed by atoms with van der Waals surface area (Å²) in [6, 6.07) is 30.3. The van der Waals surface area contributed by atoms with E-state index in [9.17, 15) is 5.11 Å². The topological polar surface area (TPSA) is 64.1 Å². The first-order valence-corrected chi connectivity index (χ1v) is 12.9. The third kappa shape index (κ3) is 8.33. The molecule has 0 bridgehead atoms. The number of ether oxygens (including phenoxy) is 3. The largest absolute Gasteiger partial charge is 0.493 e. The van der Waals surface area contributed by atoms with Gasteiger partial charge >= 0.3 is 0 Å². The molecule has 198 valence electrons. The molecule has 0 saturated carbocycles. The molecule has 0 radical (unpaired) electrons. The Morgan fingerprint density at radius 3 is 2.26 bits per heavy atom. The maximum absolute atomic E-state index is 10.8. The molecule has 4 rings (SSSR count). The van der Waals surface area contributed by atoms with Crippen molar-refractivity contribution in [2.24, 2.45) is 0 Å². The van der Waals surface area contributed by atoms with Gasteiger partial charge in [-0.3, -0.25) is 4.90 Å². The fraction of sp³-hybridized carbons (Fsp3) is 0.281. The Morgan fingerprint density at radius 2 is 1.55 bits per heavy atom. The standard InChI is InChI=1S/C32H36N2O4/c1-25-10-9-18-33-32(25)38-24-29(35)22-34(21-27-11-5-3-6-12-27)19-17-26-15-16-30(31(20-26)36-2)37-23-28-13-7-4-8-14-28/h3-16,18,20,29,35H,17,19,21-24H2,1-2H3. The van der Waals surface area contributed by atoms with Crippen LogP contribution in [0.5, 0.6) is 17.4 Å². The lowest BCUT2D eigenvalue weighted by Gasteiger charge is -2.25. The molecular weight excluding hydrogens is 476 g/mol. The number of pyridine rings is 1. The molecule has 38 heavy (non-hydrogen) atoms. The highest BCUT2D eigenvalue weighted by Gasteiger charge is 2.15. The Kier molecular flexibility index (Phi) is 10.1. The summed E-state index contributed by atoms with van der Waals surface area (Å²) in [6.45, 7) is 4.60. The number of aromatic nitrogens is 1. The molecule has 1 N–H and O–H groups in total. The fourth-order valence-electron chi connectivity index (χ4n) is 4.23. The molecule has 4 aromatic rings.